The molecule has 7 aliphatic heterocycles. The van der Waals surface area contributed by atoms with Crippen molar-refractivity contribution in [2.45, 2.75) is 216 Å². The molecule has 7 heterocycles. The number of rotatable bonds is 8. The minimum Gasteiger partial charge on any atom is -0.452 e. The highest BCUT2D eigenvalue weighted by Gasteiger charge is 2.57. The molecule has 0 aliphatic carbocycles. The van der Waals surface area contributed by atoms with Gasteiger partial charge in [-0.2, -0.15) is 0 Å². The van der Waals surface area contributed by atoms with Crippen LogP contribution >= 0.6 is 0 Å². The molecule has 6 nitrogen and oxygen atoms in total. The highest BCUT2D eigenvalue weighted by Crippen LogP contribution is 2.62. The predicted molar refractivity (Wildman–Crippen MR) is 570 cm³/mol. The minimum atomic E-state index is -0.365. The van der Waals surface area contributed by atoms with Crippen molar-refractivity contribution in [3.63, 3.8) is 0 Å². The molecule has 22 rings (SSSR count). The van der Waals surface area contributed by atoms with Crippen molar-refractivity contribution in [3.05, 3.63) is 335 Å². The third-order valence-electron chi connectivity index (χ3n) is 29.7. The number of hydrogen-bond donors (Lipinski definition) is 0. The van der Waals surface area contributed by atoms with E-state index in [4.69, 9.17) is 4.74 Å². The van der Waals surface area contributed by atoms with Crippen LogP contribution < -0.4 is 78.4 Å². The number of ether oxygens (including phenoxy) is 1. The molecular weight excluding hydrogens is 1600 g/mol. The molecule has 132 heavy (non-hydrogen) atoms. The molecule has 0 amide bonds. The highest BCUT2D eigenvalue weighted by atomic mass is 16.5. The van der Waals surface area contributed by atoms with Gasteiger partial charge in [0.25, 0.3) is 20.1 Å². The topological polar surface area (TPSA) is 25.4 Å². The molecule has 0 unspecified atom stereocenters. The summed E-state index contributed by atoms with van der Waals surface area (Å²) >= 11 is 0. The van der Waals surface area contributed by atoms with E-state index >= 15 is 0 Å². The molecule has 0 saturated heterocycles. The van der Waals surface area contributed by atoms with Gasteiger partial charge in [-0.15, -0.1) is 0 Å². The molecule has 654 valence electrons. The number of hydrogen-bond acceptors (Lipinski definition) is 6. The number of nitrogens with zero attached hydrogens (tertiary/aromatic N) is 5. The summed E-state index contributed by atoms with van der Waals surface area (Å²) in [6, 6.07) is 113. The molecular formula is C123H122B3N5O. The Hall–Kier alpha value is -12.7. The zero-order valence-corrected chi connectivity index (χ0v) is 82.0. The van der Waals surface area contributed by atoms with Crippen molar-refractivity contribution in [1.82, 2.24) is 0 Å². The van der Waals surface area contributed by atoms with Crippen LogP contribution in [0.3, 0.4) is 0 Å². The molecule has 15 aromatic carbocycles. The Labute approximate surface area is 786 Å². The SMILES string of the molecule is Cc1cc2c3c(c1)N(c1cc(C(C)(C)C)cc(C(C)(C)C)c1)c1cc4c(cc1B3c1ccc(-c3ccccc3)cc1N2c1cc(C(C)(C)C)cc(C(C)(C)C)c1)B1c2ccc(-c3ccccc3)c3c2N2c5c(ccc(-c6ccccc6)c5O3)B3c5ccc(-c6ccccc6)cc5N(c5cc(C(C)(C)C)cc(C(C)(C)C)c5)c5cc(c1c2c53)N4c1cc(C(C)(C)C)cc(C(C)(C)C)c1. The van der Waals surface area contributed by atoms with E-state index in [1.165, 1.54) is 150 Å². The van der Waals surface area contributed by atoms with E-state index in [0.29, 0.717) is 0 Å². The smallest absolute Gasteiger partial charge is 0.252 e. The van der Waals surface area contributed by atoms with Gasteiger partial charge in [0.2, 0.25) is 0 Å². The van der Waals surface area contributed by atoms with Crippen LogP contribution in [0.5, 0.6) is 11.5 Å². The van der Waals surface area contributed by atoms with Crippen LogP contribution in [0.25, 0.3) is 44.5 Å². The van der Waals surface area contributed by atoms with Crippen LogP contribution in [-0.2, 0) is 43.3 Å². The Morgan fingerprint density at radius 1 is 0.197 bits per heavy atom. The summed E-state index contributed by atoms with van der Waals surface area (Å²) in [5.74, 6) is 1.73. The maximum absolute atomic E-state index is 8.35. The lowest BCUT2D eigenvalue weighted by Crippen LogP contribution is -2.69. The van der Waals surface area contributed by atoms with Gasteiger partial charge in [0.1, 0.15) is 0 Å². The molecule has 0 N–H and O–H groups in total. The normalized spacial score (nSPS) is 14.5. The van der Waals surface area contributed by atoms with Crippen molar-refractivity contribution in [3.8, 4) is 56.0 Å². The lowest BCUT2D eigenvalue weighted by molar-refractivity contribution is 0.481. The fourth-order valence-corrected chi connectivity index (χ4v) is 22.2. The molecule has 7 aliphatic rings. The second-order valence-electron chi connectivity index (χ2n) is 47.2. The van der Waals surface area contributed by atoms with Crippen molar-refractivity contribution in [1.29, 1.82) is 0 Å². The molecule has 0 saturated carbocycles. The van der Waals surface area contributed by atoms with Gasteiger partial charge in [-0.25, -0.2) is 0 Å². The molecule has 0 aromatic heterocycles. The van der Waals surface area contributed by atoms with E-state index in [9.17, 15) is 0 Å². The quantitative estimate of drug-likeness (QED) is 0.141. The fourth-order valence-electron chi connectivity index (χ4n) is 22.2. The van der Waals surface area contributed by atoms with Crippen LogP contribution in [0, 0.1) is 6.92 Å². The Morgan fingerprint density at radius 3 is 0.758 bits per heavy atom. The van der Waals surface area contributed by atoms with E-state index in [1.807, 2.05) is 0 Å². The summed E-state index contributed by atoms with van der Waals surface area (Å²) in [5, 5.41) is 0. The van der Waals surface area contributed by atoms with Gasteiger partial charge < -0.3 is 29.2 Å². The molecule has 15 aromatic rings. The van der Waals surface area contributed by atoms with Gasteiger partial charge in [-0.05, 0) is 268 Å². The lowest BCUT2D eigenvalue weighted by Gasteiger charge is -2.53. The van der Waals surface area contributed by atoms with Gasteiger partial charge in [0.05, 0.1) is 11.4 Å². The van der Waals surface area contributed by atoms with Crippen LogP contribution in [-0.4, -0.2) is 20.1 Å². The average molecular weight is 1720 g/mol. The first kappa shape index (κ1) is 84.8. The van der Waals surface area contributed by atoms with Crippen molar-refractivity contribution < 1.29 is 4.74 Å². The molecule has 0 bridgehead atoms. The summed E-state index contributed by atoms with van der Waals surface area (Å²) in [7, 11) is 0. The average Bonchev–Trinajstić information content (AvgIpc) is 0.653. The second kappa shape index (κ2) is 29.1. The van der Waals surface area contributed by atoms with E-state index in [-0.39, 0.29) is 63.5 Å². The summed E-state index contributed by atoms with van der Waals surface area (Å²) in [6.07, 6.45) is 0. The van der Waals surface area contributed by atoms with Gasteiger partial charge in [-0.3, -0.25) is 0 Å². The van der Waals surface area contributed by atoms with Gasteiger partial charge in [-0.1, -0.05) is 366 Å². The maximum Gasteiger partial charge on any atom is 0.252 e. The third kappa shape index (κ3) is 13.5. The first-order valence-corrected chi connectivity index (χ1v) is 48.1. The van der Waals surface area contributed by atoms with Crippen molar-refractivity contribution in [2.75, 3.05) is 24.5 Å². The van der Waals surface area contributed by atoms with Crippen LogP contribution in [0.1, 0.15) is 216 Å². The first-order valence-electron chi connectivity index (χ1n) is 48.1. The van der Waals surface area contributed by atoms with E-state index in [0.717, 1.165) is 90.6 Å². The zero-order chi connectivity index (χ0) is 92.4. The molecule has 0 spiro atoms. The van der Waals surface area contributed by atoms with Crippen LogP contribution in [0.15, 0.2) is 285 Å². The first-order chi connectivity index (χ1) is 62.4. The van der Waals surface area contributed by atoms with Gasteiger partial charge in [0.15, 0.2) is 11.5 Å². The van der Waals surface area contributed by atoms with E-state index in [2.05, 4.69) is 483 Å². The maximum atomic E-state index is 8.35. The van der Waals surface area contributed by atoms with Gasteiger partial charge in [0, 0.05) is 85.1 Å². The monoisotopic (exact) mass is 1720 g/mol. The Balaban J connectivity index is 0.942. The number of fused-ring (bicyclic) bond motifs is 10. The van der Waals surface area contributed by atoms with E-state index in [1.54, 1.807) is 0 Å². The second-order valence-corrected chi connectivity index (χ2v) is 47.2. The summed E-state index contributed by atoms with van der Waals surface area (Å²) in [6.45, 7) is 59.0. The fraction of sp³-hybridized carbons (Fsp3) is 0.268. The number of anilines is 15. The molecule has 9 heteroatoms. The van der Waals surface area contributed by atoms with Gasteiger partial charge >= 0.3 is 0 Å². The van der Waals surface area contributed by atoms with Crippen LogP contribution in [0.2, 0.25) is 0 Å². The molecule has 0 radical (unpaired) electrons. The molecule has 0 fully saturated rings. The summed E-state index contributed by atoms with van der Waals surface area (Å²) in [4.78, 5) is 13.8. The Kier molecular flexibility index (Phi) is 18.7. The van der Waals surface area contributed by atoms with Crippen molar-refractivity contribution in [2.24, 2.45) is 0 Å². The highest BCUT2D eigenvalue weighted by molar-refractivity contribution is 7.06. The summed E-state index contributed by atoms with van der Waals surface area (Å²) in [5.41, 5.74) is 47.6. The van der Waals surface area contributed by atoms with E-state index < -0.39 is 0 Å². The lowest BCUT2D eigenvalue weighted by atomic mass is 9.27. The number of aryl methyl sites for hydroxylation is 1. The number of benzene rings is 15. The standard InChI is InChI=1S/C123H122B3N5O/c1-73-54-104-108-105(55-73)129(90-66-84(120(14,15)16)60-85(67-90)121(17,18)19)102-71-103-99(70-98(102)125(108)95-51-47-79(75-40-32-27-33-41-75)57-101(95)127(104)88-62-80(116(2,3)4)58-81(63-88)117(5,6)7)126-97-53-49-93(77-44-36-29-37-45-77)115-112(97)131-111-96(52-48-92(114(111)132-115)76-42-34-28-35-43-76)124-94-50-46-78(74-38-30-26-31-39-74)56-100(94)128(89-64-82(118(8,9)10)59-83(65-89)119(11,12)13)106-72-107(110(126)113(131)109(106)124)130(103)91-68-86(122(20,21)22)61-87(69-91)123(23,24)25/h26-72H,1-25H3. The predicted octanol–water partition coefficient (Wildman–Crippen LogP) is 27.9. The van der Waals surface area contributed by atoms with Crippen molar-refractivity contribution >= 4 is 155 Å². The Bertz CT molecular complexity index is 7220. The molecule has 0 atom stereocenters. The Morgan fingerprint density at radius 2 is 0.455 bits per heavy atom. The summed E-state index contributed by atoms with van der Waals surface area (Å²) < 4.78 is 8.35. The van der Waals surface area contributed by atoms with Crippen LogP contribution in [0.4, 0.5) is 85.3 Å². The largest absolute Gasteiger partial charge is 0.452 e. The minimum absolute atomic E-state index is 0.162. The zero-order valence-electron chi connectivity index (χ0n) is 82.0. The third-order valence-corrected chi connectivity index (χ3v) is 29.7.